The molecule has 25 heavy (non-hydrogen) atoms. The molecule has 0 saturated carbocycles. The van der Waals surface area contributed by atoms with Gasteiger partial charge in [-0.1, -0.05) is 28.1 Å². The van der Waals surface area contributed by atoms with Crippen LogP contribution in [0.1, 0.15) is 18.4 Å². The van der Waals surface area contributed by atoms with Crippen LogP contribution >= 0.6 is 15.9 Å². The molecular formula is C19H18BrN3O2. The molecule has 2 aromatic carbocycles. The molecule has 1 aromatic heterocycles. The third-order valence-electron chi connectivity index (χ3n) is 4.51. The lowest BCUT2D eigenvalue weighted by Gasteiger charge is -2.22. The van der Waals surface area contributed by atoms with Crippen molar-refractivity contribution in [1.29, 1.82) is 0 Å². The lowest BCUT2D eigenvalue weighted by atomic mass is 10.2. The maximum absolute atomic E-state index is 12.8. The summed E-state index contributed by atoms with van der Waals surface area (Å²) >= 11 is 3.48. The van der Waals surface area contributed by atoms with Gasteiger partial charge in [-0.25, -0.2) is 0 Å². The summed E-state index contributed by atoms with van der Waals surface area (Å²) in [7, 11) is 0. The van der Waals surface area contributed by atoms with Crippen molar-refractivity contribution >= 4 is 44.6 Å². The van der Waals surface area contributed by atoms with Gasteiger partial charge in [-0.05, 0) is 55.7 Å². The van der Waals surface area contributed by atoms with Crippen molar-refractivity contribution in [2.45, 2.75) is 25.8 Å². The maximum Gasteiger partial charge on any atom is 0.299 e. The Labute approximate surface area is 154 Å². The van der Waals surface area contributed by atoms with E-state index in [9.17, 15) is 4.79 Å². The van der Waals surface area contributed by atoms with E-state index in [0.717, 1.165) is 46.2 Å². The molecule has 0 aliphatic carbocycles. The monoisotopic (exact) mass is 399 g/mol. The van der Waals surface area contributed by atoms with Gasteiger partial charge in [0, 0.05) is 16.7 Å². The molecular weight excluding hydrogens is 382 g/mol. The van der Waals surface area contributed by atoms with E-state index in [-0.39, 0.29) is 11.9 Å². The van der Waals surface area contributed by atoms with Gasteiger partial charge in [0.25, 0.3) is 6.01 Å². The van der Waals surface area contributed by atoms with Gasteiger partial charge in [0.15, 0.2) is 5.58 Å². The molecule has 1 aliphatic heterocycles. The number of carbonyl (C=O) groups excluding carboxylic acids is 1. The van der Waals surface area contributed by atoms with Gasteiger partial charge < -0.3 is 14.6 Å². The third kappa shape index (κ3) is 3.14. The lowest BCUT2D eigenvalue weighted by molar-refractivity contribution is -0.117. The Morgan fingerprint density at radius 1 is 1.32 bits per heavy atom. The molecule has 0 spiro atoms. The standard InChI is InChI=1S/C19H18BrN3O2/c1-12-11-13(8-9-14(12)20)21-18(24)16-6-4-10-23(16)19-22-15-5-2-3-7-17(15)25-19/h2-3,5,7-9,11,16H,4,6,10H2,1H3,(H,21,24)/t16-/m1/s1. The number of hydrogen-bond acceptors (Lipinski definition) is 4. The molecule has 1 amide bonds. The molecule has 5 nitrogen and oxygen atoms in total. The summed E-state index contributed by atoms with van der Waals surface area (Å²) in [5, 5.41) is 3.01. The smallest absolute Gasteiger partial charge is 0.299 e. The molecule has 1 aliphatic rings. The Hall–Kier alpha value is -2.34. The Bertz CT molecular complexity index is 904. The summed E-state index contributed by atoms with van der Waals surface area (Å²) in [4.78, 5) is 19.3. The van der Waals surface area contributed by atoms with Crippen molar-refractivity contribution in [2.24, 2.45) is 0 Å². The molecule has 2 heterocycles. The number of rotatable bonds is 3. The number of aromatic nitrogens is 1. The number of benzene rings is 2. The topological polar surface area (TPSA) is 58.4 Å². The first kappa shape index (κ1) is 16.1. The van der Waals surface area contributed by atoms with Gasteiger partial charge in [-0.2, -0.15) is 4.98 Å². The average Bonchev–Trinajstić information content (AvgIpc) is 3.24. The number of fused-ring (bicyclic) bond motifs is 1. The second-order valence-electron chi connectivity index (χ2n) is 6.27. The minimum absolute atomic E-state index is 0.0264. The van der Waals surface area contributed by atoms with Crippen LogP contribution in [0.2, 0.25) is 0 Å². The van der Waals surface area contributed by atoms with Crippen LogP contribution in [-0.2, 0) is 4.79 Å². The molecule has 1 fully saturated rings. The normalized spacial score (nSPS) is 17.2. The summed E-state index contributed by atoms with van der Waals surface area (Å²) in [6, 6.07) is 13.7. The SMILES string of the molecule is Cc1cc(NC(=O)[C@H]2CCCN2c2nc3ccccc3o2)ccc1Br. The number of halogens is 1. The van der Waals surface area contributed by atoms with Crippen LogP contribution in [0, 0.1) is 6.92 Å². The Kier molecular flexibility index (Phi) is 4.21. The fourth-order valence-corrected chi connectivity index (χ4v) is 3.45. The van der Waals surface area contributed by atoms with E-state index in [4.69, 9.17) is 4.42 Å². The fourth-order valence-electron chi connectivity index (χ4n) is 3.20. The molecule has 1 N–H and O–H groups in total. The first-order valence-corrected chi connectivity index (χ1v) is 9.10. The Morgan fingerprint density at radius 3 is 2.96 bits per heavy atom. The number of amides is 1. The van der Waals surface area contributed by atoms with Gasteiger partial charge in [0.1, 0.15) is 11.6 Å². The van der Waals surface area contributed by atoms with E-state index in [1.54, 1.807) is 0 Å². The predicted octanol–water partition coefficient (Wildman–Crippen LogP) is 4.51. The Balaban J connectivity index is 1.56. The van der Waals surface area contributed by atoms with Gasteiger partial charge >= 0.3 is 0 Å². The molecule has 0 bridgehead atoms. The van der Waals surface area contributed by atoms with Crippen molar-refractivity contribution < 1.29 is 9.21 Å². The van der Waals surface area contributed by atoms with Gasteiger partial charge in [0.2, 0.25) is 5.91 Å². The fraction of sp³-hybridized carbons (Fsp3) is 0.263. The average molecular weight is 400 g/mol. The highest BCUT2D eigenvalue weighted by Gasteiger charge is 2.33. The molecule has 4 rings (SSSR count). The molecule has 0 unspecified atom stereocenters. The summed E-state index contributed by atoms with van der Waals surface area (Å²) in [5.41, 5.74) is 3.44. The zero-order valence-corrected chi connectivity index (χ0v) is 15.4. The van der Waals surface area contributed by atoms with E-state index < -0.39 is 0 Å². The number of nitrogens with one attached hydrogen (secondary N) is 1. The minimum Gasteiger partial charge on any atom is -0.423 e. The second-order valence-corrected chi connectivity index (χ2v) is 7.12. The predicted molar refractivity (Wildman–Crippen MR) is 102 cm³/mol. The van der Waals surface area contributed by atoms with E-state index in [0.29, 0.717) is 6.01 Å². The van der Waals surface area contributed by atoms with Gasteiger partial charge in [-0.3, -0.25) is 4.79 Å². The van der Waals surface area contributed by atoms with Crippen LogP contribution in [0.15, 0.2) is 51.4 Å². The lowest BCUT2D eigenvalue weighted by Crippen LogP contribution is -2.39. The summed E-state index contributed by atoms with van der Waals surface area (Å²) in [5.74, 6) is -0.0264. The Morgan fingerprint density at radius 2 is 2.16 bits per heavy atom. The number of anilines is 2. The number of nitrogens with zero attached hydrogens (tertiary/aromatic N) is 2. The number of carbonyl (C=O) groups is 1. The highest BCUT2D eigenvalue weighted by Crippen LogP contribution is 2.29. The number of hydrogen-bond donors (Lipinski definition) is 1. The molecule has 1 atom stereocenters. The van der Waals surface area contributed by atoms with Crippen molar-refractivity contribution in [3.05, 3.63) is 52.5 Å². The number of oxazole rings is 1. The minimum atomic E-state index is -0.267. The maximum atomic E-state index is 12.8. The molecule has 3 aromatic rings. The van der Waals surface area contributed by atoms with E-state index in [1.807, 2.05) is 54.3 Å². The van der Waals surface area contributed by atoms with Gasteiger partial charge in [0.05, 0.1) is 0 Å². The van der Waals surface area contributed by atoms with Crippen molar-refractivity contribution in [1.82, 2.24) is 4.98 Å². The van der Waals surface area contributed by atoms with Crippen molar-refractivity contribution in [3.8, 4) is 0 Å². The molecule has 0 radical (unpaired) electrons. The largest absolute Gasteiger partial charge is 0.423 e. The van der Waals surface area contributed by atoms with Crippen LogP contribution in [0.3, 0.4) is 0 Å². The van der Waals surface area contributed by atoms with E-state index >= 15 is 0 Å². The first-order chi connectivity index (χ1) is 12.1. The second kappa shape index (κ2) is 6.52. The van der Waals surface area contributed by atoms with Crippen molar-refractivity contribution in [2.75, 3.05) is 16.8 Å². The van der Waals surface area contributed by atoms with Crippen LogP contribution in [-0.4, -0.2) is 23.5 Å². The first-order valence-electron chi connectivity index (χ1n) is 8.31. The van der Waals surface area contributed by atoms with Crippen LogP contribution < -0.4 is 10.2 Å². The van der Waals surface area contributed by atoms with Crippen LogP contribution in [0.5, 0.6) is 0 Å². The van der Waals surface area contributed by atoms with Crippen LogP contribution in [0.4, 0.5) is 11.7 Å². The summed E-state index contributed by atoms with van der Waals surface area (Å²) in [6.45, 7) is 2.77. The molecule has 128 valence electrons. The van der Waals surface area contributed by atoms with E-state index in [2.05, 4.69) is 26.2 Å². The van der Waals surface area contributed by atoms with Crippen LogP contribution in [0.25, 0.3) is 11.1 Å². The zero-order valence-electron chi connectivity index (χ0n) is 13.8. The summed E-state index contributed by atoms with van der Waals surface area (Å²) in [6.07, 6.45) is 1.73. The van der Waals surface area contributed by atoms with Gasteiger partial charge in [-0.15, -0.1) is 0 Å². The highest BCUT2D eigenvalue weighted by atomic mass is 79.9. The summed E-state index contributed by atoms with van der Waals surface area (Å²) < 4.78 is 6.87. The molecule has 6 heteroatoms. The molecule has 1 saturated heterocycles. The van der Waals surface area contributed by atoms with E-state index in [1.165, 1.54) is 0 Å². The van der Waals surface area contributed by atoms with Crippen molar-refractivity contribution in [3.63, 3.8) is 0 Å². The highest BCUT2D eigenvalue weighted by molar-refractivity contribution is 9.10. The zero-order chi connectivity index (χ0) is 17.4. The third-order valence-corrected chi connectivity index (χ3v) is 5.40. The quantitative estimate of drug-likeness (QED) is 0.703. The number of para-hydroxylation sites is 2. The number of aryl methyl sites for hydroxylation is 1.